The van der Waals surface area contributed by atoms with Crippen molar-refractivity contribution >= 4 is 17.6 Å². The summed E-state index contributed by atoms with van der Waals surface area (Å²) in [5, 5.41) is 6.49. The summed E-state index contributed by atoms with van der Waals surface area (Å²) in [6.45, 7) is 4.90. The minimum absolute atomic E-state index is 0.0213. The zero-order valence-corrected chi connectivity index (χ0v) is 18.1. The summed E-state index contributed by atoms with van der Waals surface area (Å²) in [7, 11) is 3.45. The van der Waals surface area contributed by atoms with E-state index < -0.39 is 0 Å². The van der Waals surface area contributed by atoms with Crippen molar-refractivity contribution in [1.29, 1.82) is 0 Å². The molecule has 0 saturated carbocycles. The fourth-order valence-corrected chi connectivity index (χ4v) is 2.67. The number of ether oxygens (including phenoxy) is 1. The number of carbonyl (C=O) groups is 1. The number of guanidine groups is 1. The molecule has 0 fully saturated rings. The standard InChI is InChI=1S/C23H31FN4O2/c1-17(2)30-21-10-8-20(9-11-21)27-23(26-15-13-22(29)28(3)4)25-14-12-18-6-5-7-19(24)16-18/h5-11,16-17H,12-15H2,1-4H3,(H2,25,26,27). The van der Waals surface area contributed by atoms with E-state index in [1.807, 2.05) is 44.2 Å². The Morgan fingerprint density at radius 3 is 2.53 bits per heavy atom. The molecular formula is C23H31FN4O2. The Hall–Kier alpha value is -3.09. The molecule has 0 spiro atoms. The molecule has 0 saturated heterocycles. The maximum Gasteiger partial charge on any atom is 0.223 e. The van der Waals surface area contributed by atoms with Gasteiger partial charge in [-0.1, -0.05) is 12.1 Å². The highest BCUT2D eigenvalue weighted by Crippen LogP contribution is 2.16. The predicted molar refractivity (Wildman–Crippen MR) is 120 cm³/mol. The molecule has 2 aromatic rings. The zero-order valence-electron chi connectivity index (χ0n) is 18.1. The van der Waals surface area contributed by atoms with Gasteiger partial charge >= 0.3 is 0 Å². The Morgan fingerprint density at radius 1 is 1.17 bits per heavy atom. The van der Waals surface area contributed by atoms with Crippen LogP contribution in [0.3, 0.4) is 0 Å². The number of nitrogens with zero attached hydrogens (tertiary/aromatic N) is 2. The summed E-state index contributed by atoms with van der Waals surface area (Å²) in [6.07, 6.45) is 1.08. The van der Waals surface area contributed by atoms with E-state index in [0.29, 0.717) is 31.9 Å². The molecule has 0 aromatic heterocycles. The Kier molecular flexibility index (Phi) is 9.12. The molecule has 0 aliphatic rings. The number of halogens is 1. The van der Waals surface area contributed by atoms with Crippen LogP contribution in [0.5, 0.6) is 5.75 Å². The van der Waals surface area contributed by atoms with Gasteiger partial charge in [-0.05, 0) is 62.2 Å². The number of carbonyl (C=O) groups excluding carboxylic acids is 1. The van der Waals surface area contributed by atoms with Crippen LogP contribution >= 0.6 is 0 Å². The largest absolute Gasteiger partial charge is 0.491 e. The average Bonchev–Trinajstić information content (AvgIpc) is 2.68. The second kappa shape index (κ2) is 11.8. The average molecular weight is 415 g/mol. The number of hydrogen-bond acceptors (Lipinski definition) is 3. The molecule has 0 heterocycles. The lowest BCUT2D eigenvalue weighted by Gasteiger charge is -2.15. The highest BCUT2D eigenvalue weighted by atomic mass is 19.1. The molecule has 0 aliphatic carbocycles. The number of nitrogens with one attached hydrogen (secondary N) is 2. The first-order valence-corrected chi connectivity index (χ1v) is 10.1. The quantitative estimate of drug-likeness (QED) is 0.485. The lowest BCUT2D eigenvalue weighted by Crippen LogP contribution is -2.33. The van der Waals surface area contributed by atoms with Gasteiger partial charge < -0.3 is 20.3 Å². The molecule has 30 heavy (non-hydrogen) atoms. The minimum atomic E-state index is -0.245. The molecule has 2 aromatic carbocycles. The Bertz CT molecular complexity index is 835. The van der Waals surface area contributed by atoms with Gasteiger partial charge in [-0.15, -0.1) is 0 Å². The summed E-state index contributed by atoms with van der Waals surface area (Å²) in [6, 6.07) is 14.1. The second-order valence-corrected chi connectivity index (χ2v) is 7.39. The van der Waals surface area contributed by atoms with E-state index in [9.17, 15) is 9.18 Å². The number of amides is 1. The normalized spacial score (nSPS) is 11.3. The predicted octanol–water partition coefficient (Wildman–Crippen LogP) is 3.69. The van der Waals surface area contributed by atoms with E-state index in [1.54, 1.807) is 25.1 Å². The van der Waals surface area contributed by atoms with Gasteiger partial charge in [0.05, 0.1) is 12.6 Å². The molecule has 7 heteroatoms. The van der Waals surface area contributed by atoms with Crippen molar-refractivity contribution in [1.82, 2.24) is 10.2 Å². The van der Waals surface area contributed by atoms with Gasteiger partial charge in [0.2, 0.25) is 5.91 Å². The third-order valence-electron chi connectivity index (χ3n) is 4.18. The molecule has 6 nitrogen and oxygen atoms in total. The van der Waals surface area contributed by atoms with Gasteiger partial charge in [-0.2, -0.15) is 0 Å². The smallest absolute Gasteiger partial charge is 0.223 e. The van der Waals surface area contributed by atoms with Crippen LogP contribution < -0.4 is 15.4 Å². The summed E-state index contributed by atoms with van der Waals surface area (Å²) >= 11 is 0. The Labute approximate surface area is 178 Å². The topological polar surface area (TPSA) is 66.0 Å². The molecule has 2 rings (SSSR count). The van der Waals surface area contributed by atoms with Crippen molar-refractivity contribution in [3.05, 3.63) is 59.9 Å². The number of anilines is 1. The van der Waals surface area contributed by atoms with Crippen LogP contribution in [-0.2, 0) is 11.2 Å². The van der Waals surface area contributed by atoms with Gasteiger partial charge in [-0.25, -0.2) is 4.39 Å². The van der Waals surface area contributed by atoms with Crippen LogP contribution in [0.25, 0.3) is 0 Å². The summed E-state index contributed by atoms with van der Waals surface area (Å²) in [5.41, 5.74) is 1.75. The lowest BCUT2D eigenvalue weighted by molar-refractivity contribution is -0.128. The number of aliphatic imine (C=N–C) groups is 1. The fraction of sp³-hybridized carbons (Fsp3) is 0.391. The van der Waals surface area contributed by atoms with Crippen molar-refractivity contribution in [3.63, 3.8) is 0 Å². The Balaban J connectivity index is 1.99. The molecular weight excluding hydrogens is 383 g/mol. The van der Waals surface area contributed by atoms with Crippen molar-refractivity contribution in [2.45, 2.75) is 32.8 Å². The molecule has 0 aliphatic heterocycles. The summed E-state index contributed by atoms with van der Waals surface area (Å²) < 4.78 is 19.0. The van der Waals surface area contributed by atoms with Crippen LogP contribution in [0.4, 0.5) is 10.1 Å². The molecule has 0 radical (unpaired) electrons. The molecule has 0 unspecified atom stereocenters. The molecule has 0 bridgehead atoms. The van der Waals surface area contributed by atoms with Crippen LogP contribution in [-0.4, -0.2) is 50.1 Å². The maximum absolute atomic E-state index is 13.4. The summed E-state index contributed by atoms with van der Waals surface area (Å²) in [4.78, 5) is 17.9. The van der Waals surface area contributed by atoms with Gasteiger partial charge in [0.1, 0.15) is 11.6 Å². The zero-order chi connectivity index (χ0) is 21.9. The van der Waals surface area contributed by atoms with Gasteiger partial charge in [0.25, 0.3) is 0 Å². The van der Waals surface area contributed by atoms with Crippen LogP contribution in [0, 0.1) is 5.82 Å². The van der Waals surface area contributed by atoms with Crippen molar-refractivity contribution in [2.75, 3.05) is 32.5 Å². The summed E-state index contributed by atoms with van der Waals surface area (Å²) in [5.74, 6) is 1.14. The number of rotatable bonds is 9. The molecule has 1 amide bonds. The van der Waals surface area contributed by atoms with Gasteiger partial charge in [0.15, 0.2) is 5.96 Å². The van der Waals surface area contributed by atoms with Crippen LogP contribution in [0.15, 0.2) is 53.5 Å². The molecule has 0 atom stereocenters. The van der Waals surface area contributed by atoms with E-state index in [0.717, 1.165) is 17.0 Å². The first-order valence-electron chi connectivity index (χ1n) is 10.1. The van der Waals surface area contributed by atoms with Crippen molar-refractivity contribution < 1.29 is 13.9 Å². The van der Waals surface area contributed by atoms with E-state index in [2.05, 4.69) is 15.6 Å². The fourth-order valence-electron chi connectivity index (χ4n) is 2.67. The highest BCUT2D eigenvalue weighted by molar-refractivity contribution is 5.93. The van der Waals surface area contributed by atoms with Crippen molar-refractivity contribution in [2.24, 2.45) is 4.99 Å². The van der Waals surface area contributed by atoms with Crippen LogP contribution in [0.2, 0.25) is 0 Å². The van der Waals surface area contributed by atoms with Crippen molar-refractivity contribution in [3.8, 4) is 5.75 Å². The maximum atomic E-state index is 13.4. The first-order chi connectivity index (χ1) is 14.3. The van der Waals surface area contributed by atoms with E-state index in [-0.39, 0.29) is 17.8 Å². The third kappa shape index (κ3) is 8.51. The molecule has 162 valence electrons. The molecule has 2 N–H and O–H groups in total. The van der Waals surface area contributed by atoms with E-state index in [1.165, 1.54) is 12.1 Å². The lowest BCUT2D eigenvalue weighted by atomic mass is 10.1. The Morgan fingerprint density at radius 2 is 1.90 bits per heavy atom. The monoisotopic (exact) mass is 414 g/mol. The number of hydrogen-bond donors (Lipinski definition) is 2. The highest BCUT2D eigenvalue weighted by Gasteiger charge is 2.06. The number of benzene rings is 2. The second-order valence-electron chi connectivity index (χ2n) is 7.39. The van der Waals surface area contributed by atoms with Gasteiger partial charge in [-0.3, -0.25) is 9.79 Å². The van der Waals surface area contributed by atoms with E-state index >= 15 is 0 Å². The first kappa shape index (κ1) is 23.2. The van der Waals surface area contributed by atoms with Gasteiger partial charge in [0, 0.05) is 32.7 Å². The van der Waals surface area contributed by atoms with Crippen LogP contribution in [0.1, 0.15) is 25.8 Å². The SMILES string of the molecule is CC(C)Oc1ccc(NC(=NCCC(=O)N(C)C)NCCc2cccc(F)c2)cc1. The third-order valence-corrected chi connectivity index (χ3v) is 4.18. The van der Waals surface area contributed by atoms with E-state index in [4.69, 9.17) is 4.74 Å². The minimum Gasteiger partial charge on any atom is -0.491 e.